The first-order chi connectivity index (χ1) is 27.3. The van der Waals surface area contributed by atoms with Crippen LogP contribution in [-0.2, 0) is 5.41 Å². The van der Waals surface area contributed by atoms with Gasteiger partial charge in [-0.05, 0) is 131 Å². The van der Waals surface area contributed by atoms with Crippen LogP contribution in [-0.4, -0.2) is 4.57 Å². The second-order valence-electron chi connectivity index (χ2n) is 16.7. The first kappa shape index (κ1) is 32.7. The molecule has 0 aliphatic carbocycles. The molecule has 56 heavy (non-hydrogen) atoms. The van der Waals surface area contributed by atoms with Crippen molar-refractivity contribution >= 4 is 64.9 Å². The molecule has 0 saturated heterocycles. The van der Waals surface area contributed by atoms with E-state index in [1.165, 1.54) is 109 Å². The van der Waals surface area contributed by atoms with Gasteiger partial charge in [-0.3, -0.25) is 0 Å². The van der Waals surface area contributed by atoms with Gasteiger partial charge in [0.25, 0.3) is 0 Å². The Balaban J connectivity index is 1.28. The highest BCUT2D eigenvalue weighted by Gasteiger charge is 2.22. The molecule has 0 radical (unpaired) electrons. The zero-order valence-electron chi connectivity index (χ0n) is 32.2. The summed E-state index contributed by atoms with van der Waals surface area (Å²) in [6.45, 7) is 9.10. The molecule has 0 aliphatic rings. The average Bonchev–Trinajstić information content (AvgIpc) is 3.56. The highest BCUT2D eigenvalue weighted by atomic mass is 15.0. The predicted octanol–water partition coefficient (Wildman–Crippen LogP) is 15.4. The van der Waals surface area contributed by atoms with Crippen LogP contribution >= 0.6 is 0 Å². The summed E-state index contributed by atoms with van der Waals surface area (Å²) in [5.41, 5.74) is 13.6. The van der Waals surface area contributed by atoms with Crippen LogP contribution in [0.3, 0.4) is 0 Å². The summed E-state index contributed by atoms with van der Waals surface area (Å²) in [5, 5.41) is 12.9. The van der Waals surface area contributed by atoms with E-state index in [-0.39, 0.29) is 5.41 Å². The van der Waals surface area contributed by atoms with Gasteiger partial charge >= 0.3 is 0 Å². The van der Waals surface area contributed by atoms with Crippen molar-refractivity contribution in [3.8, 4) is 39.1 Å². The lowest BCUT2D eigenvalue weighted by molar-refractivity contribution is 0.591. The third kappa shape index (κ3) is 5.01. The number of rotatable bonds is 4. The quantitative estimate of drug-likeness (QED) is 0.160. The highest BCUT2D eigenvalue weighted by Crippen LogP contribution is 2.47. The number of benzene rings is 10. The first-order valence-corrected chi connectivity index (χ1v) is 19.8. The number of hydrogen-bond acceptors (Lipinski definition) is 0. The lowest BCUT2D eigenvalue weighted by atomic mass is 9.81. The SMILES string of the molecule is Cc1ccc(-c2cc(-c3cc(-c4cccc5ccccc45)cc(-n4c5ccccc5c5ccccc54)c3)c3ccc4cc(C(C)(C)C)cc5ccc2c3c54)cc1. The van der Waals surface area contributed by atoms with E-state index in [1.807, 2.05) is 0 Å². The van der Waals surface area contributed by atoms with Crippen LogP contribution < -0.4 is 0 Å². The van der Waals surface area contributed by atoms with Gasteiger partial charge in [0, 0.05) is 16.5 Å². The van der Waals surface area contributed by atoms with E-state index in [4.69, 9.17) is 0 Å². The Labute approximate surface area is 327 Å². The predicted molar refractivity (Wildman–Crippen MR) is 242 cm³/mol. The second-order valence-corrected chi connectivity index (χ2v) is 16.7. The van der Waals surface area contributed by atoms with E-state index in [1.54, 1.807) is 0 Å². The molecule has 11 rings (SSSR count). The van der Waals surface area contributed by atoms with Gasteiger partial charge in [-0.15, -0.1) is 0 Å². The summed E-state index contributed by atoms with van der Waals surface area (Å²) >= 11 is 0. The standard InChI is InChI=1S/C55H41N/c1-34-20-22-36(23-21-34)49-33-50(48-27-25-38-30-41(55(2,3)4)29-37-24-26-47(49)54(48)53(37)38)40-28-39(44-17-11-13-35-12-5-6-14-43(35)44)31-42(32-40)56-51-18-9-7-15-45(51)46-16-8-10-19-52(46)56/h5-33H,1-4H3. The van der Waals surface area contributed by atoms with Gasteiger partial charge in [0.05, 0.1) is 11.0 Å². The van der Waals surface area contributed by atoms with Gasteiger partial charge in [0.15, 0.2) is 0 Å². The molecule has 0 fully saturated rings. The molecule has 0 unspecified atom stereocenters. The van der Waals surface area contributed by atoms with Crippen molar-refractivity contribution in [1.82, 2.24) is 4.57 Å². The molecule has 0 N–H and O–H groups in total. The minimum absolute atomic E-state index is 0.0495. The highest BCUT2D eigenvalue weighted by molar-refractivity contribution is 6.28. The second kappa shape index (κ2) is 12.2. The average molecular weight is 716 g/mol. The fourth-order valence-electron chi connectivity index (χ4n) is 9.29. The molecule has 0 amide bonds. The van der Waals surface area contributed by atoms with Crippen LogP contribution in [0.4, 0.5) is 0 Å². The van der Waals surface area contributed by atoms with Crippen LogP contribution in [0.1, 0.15) is 31.9 Å². The van der Waals surface area contributed by atoms with Gasteiger partial charge in [0.1, 0.15) is 0 Å². The Kier molecular flexibility index (Phi) is 7.10. The molecule has 0 aliphatic heterocycles. The van der Waals surface area contributed by atoms with Crippen molar-refractivity contribution in [2.45, 2.75) is 33.1 Å². The van der Waals surface area contributed by atoms with E-state index in [0.717, 1.165) is 5.69 Å². The zero-order chi connectivity index (χ0) is 37.7. The molecule has 0 atom stereocenters. The zero-order valence-corrected chi connectivity index (χ0v) is 32.2. The molecule has 266 valence electrons. The molecule has 1 aromatic heterocycles. The van der Waals surface area contributed by atoms with Gasteiger partial charge in [-0.2, -0.15) is 0 Å². The summed E-state index contributed by atoms with van der Waals surface area (Å²) < 4.78 is 2.47. The molecule has 0 bridgehead atoms. The molecule has 1 heteroatoms. The first-order valence-electron chi connectivity index (χ1n) is 19.8. The number of aromatic nitrogens is 1. The fraction of sp³-hybridized carbons (Fsp3) is 0.0909. The van der Waals surface area contributed by atoms with E-state index >= 15 is 0 Å². The lowest BCUT2D eigenvalue weighted by Gasteiger charge is -2.23. The van der Waals surface area contributed by atoms with Crippen molar-refractivity contribution in [1.29, 1.82) is 0 Å². The molecule has 10 aromatic carbocycles. The topological polar surface area (TPSA) is 4.93 Å². The number of nitrogens with zero attached hydrogens (tertiary/aromatic N) is 1. The summed E-state index contributed by atoms with van der Waals surface area (Å²) in [4.78, 5) is 0. The van der Waals surface area contributed by atoms with Gasteiger partial charge < -0.3 is 4.57 Å². The minimum Gasteiger partial charge on any atom is -0.309 e. The maximum Gasteiger partial charge on any atom is 0.0541 e. The maximum absolute atomic E-state index is 2.47. The van der Waals surface area contributed by atoms with Crippen LogP contribution in [0.15, 0.2) is 176 Å². The monoisotopic (exact) mass is 715 g/mol. The number of aryl methyl sites for hydroxylation is 1. The van der Waals surface area contributed by atoms with Crippen LogP contribution in [0.5, 0.6) is 0 Å². The number of para-hydroxylation sites is 2. The van der Waals surface area contributed by atoms with Crippen LogP contribution in [0.25, 0.3) is 104 Å². The maximum atomic E-state index is 2.47. The number of hydrogen-bond donors (Lipinski definition) is 0. The molecule has 0 saturated carbocycles. The third-order valence-corrected chi connectivity index (χ3v) is 12.1. The van der Waals surface area contributed by atoms with Gasteiger partial charge in [-0.25, -0.2) is 0 Å². The lowest BCUT2D eigenvalue weighted by Crippen LogP contribution is -2.10. The van der Waals surface area contributed by atoms with Crippen molar-refractivity contribution in [3.05, 3.63) is 187 Å². The minimum atomic E-state index is 0.0495. The van der Waals surface area contributed by atoms with Crippen LogP contribution in [0.2, 0.25) is 0 Å². The van der Waals surface area contributed by atoms with Crippen molar-refractivity contribution in [2.24, 2.45) is 0 Å². The Hall–Kier alpha value is -6.70. The largest absolute Gasteiger partial charge is 0.309 e. The number of fused-ring (bicyclic) bond motifs is 4. The van der Waals surface area contributed by atoms with Crippen LogP contribution in [0, 0.1) is 6.92 Å². The summed E-state index contributed by atoms with van der Waals surface area (Å²) in [7, 11) is 0. The molecule has 0 spiro atoms. The van der Waals surface area contributed by atoms with Crippen molar-refractivity contribution in [2.75, 3.05) is 0 Å². The molecular formula is C55H41N. The Morgan fingerprint density at radius 1 is 0.375 bits per heavy atom. The molecule has 1 heterocycles. The molecule has 1 nitrogen and oxygen atoms in total. The smallest absolute Gasteiger partial charge is 0.0541 e. The van der Waals surface area contributed by atoms with E-state index in [2.05, 4.69) is 208 Å². The summed E-state index contributed by atoms with van der Waals surface area (Å²) in [5.74, 6) is 0. The Morgan fingerprint density at radius 2 is 0.929 bits per heavy atom. The summed E-state index contributed by atoms with van der Waals surface area (Å²) in [6, 6.07) is 66.2. The van der Waals surface area contributed by atoms with E-state index < -0.39 is 0 Å². The van der Waals surface area contributed by atoms with Gasteiger partial charge in [0.2, 0.25) is 0 Å². The Morgan fingerprint density at radius 3 is 1.57 bits per heavy atom. The van der Waals surface area contributed by atoms with E-state index in [9.17, 15) is 0 Å². The van der Waals surface area contributed by atoms with Gasteiger partial charge in [-0.1, -0.05) is 166 Å². The normalized spacial score (nSPS) is 12.3. The Bertz CT molecular complexity index is 3260. The van der Waals surface area contributed by atoms with Crippen molar-refractivity contribution < 1.29 is 0 Å². The fourth-order valence-corrected chi connectivity index (χ4v) is 9.29. The molecular weight excluding hydrogens is 675 g/mol. The molecule has 11 aromatic rings. The third-order valence-electron chi connectivity index (χ3n) is 12.1. The summed E-state index contributed by atoms with van der Waals surface area (Å²) in [6.07, 6.45) is 0. The van der Waals surface area contributed by atoms with E-state index in [0.29, 0.717) is 0 Å². The van der Waals surface area contributed by atoms with Crippen molar-refractivity contribution in [3.63, 3.8) is 0 Å².